The van der Waals surface area contributed by atoms with E-state index in [4.69, 9.17) is 10.7 Å². The van der Waals surface area contributed by atoms with Gasteiger partial charge in [-0.05, 0) is 39.5 Å². The van der Waals surface area contributed by atoms with Gasteiger partial charge in [0.2, 0.25) is 0 Å². The van der Waals surface area contributed by atoms with Gasteiger partial charge < -0.3 is 10.3 Å². The zero-order valence-corrected chi connectivity index (χ0v) is 9.53. The van der Waals surface area contributed by atoms with Crippen LogP contribution in [0.3, 0.4) is 0 Å². The van der Waals surface area contributed by atoms with Crippen LogP contribution in [0.1, 0.15) is 68.9 Å². The number of hydrogen-bond acceptors (Lipinski definition) is 2. The van der Waals surface area contributed by atoms with Gasteiger partial charge in [0.25, 0.3) is 0 Å². The molecule has 0 spiro atoms. The topological polar surface area (TPSA) is 43.8 Å². The Kier molecular flexibility index (Phi) is 1.85. The van der Waals surface area contributed by atoms with Gasteiger partial charge in [-0.15, -0.1) is 0 Å². The number of imidazole rings is 1. The van der Waals surface area contributed by atoms with E-state index in [-0.39, 0.29) is 0 Å². The SMILES string of the molecule is CC(C)n1c(C2CC2)nc(C2CC2)c1N. The summed E-state index contributed by atoms with van der Waals surface area (Å²) in [4.78, 5) is 4.79. The van der Waals surface area contributed by atoms with Gasteiger partial charge in [0.05, 0.1) is 5.69 Å². The highest BCUT2D eigenvalue weighted by molar-refractivity contribution is 5.44. The zero-order valence-electron chi connectivity index (χ0n) is 9.53. The number of anilines is 1. The van der Waals surface area contributed by atoms with Crippen molar-refractivity contribution in [1.82, 2.24) is 9.55 Å². The van der Waals surface area contributed by atoms with Crippen LogP contribution in [0, 0.1) is 0 Å². The lowest BCUT2D eigenvalue weighted by molar-refractivity contribution is 0.576. The van der Waals surface area contributed by atoms with Crippen molar-refractivity contribution in [3.05, 3.63) is 11.5 Å². The minimum atomic E-state index is 0.445. The van der Waals surface area contributed by atoms with E-state index in [1.807, 2.05) is 0 Å². The lowest BCUT2D eigenvalue weighted by atomic mass is 10.3. The third-order valence-corrected chi connectivity index (χ3v) is 3.43. The molecule has 82 valence electrons. The maximum atomic E-state index is 6.21. The molecular weight excluding hydrogens is 186 g/mol. The van der Waals surface area contributed by atoms with E-state index in [2.05, 4.69) is 18.4 Å². The Hall–Kier alpha value is -0.990. The summed E-state index contributed by atoms with van der Waals surface area (Å²) in [6.45, 7) is 4.39. The monoisotopic (exact) mass is 205 g/mol. The lowest BCUT2D eigenvalue weighted by Gasteiger charge is -2.13. The van der Waals surface area contributed by atoms with E-state index in [1.165, 1.54) is 37.2 Å². The number of nitrogens with zero attached hydrogens (tertiary/aromatic N) is 2. The van der Waals surface area contributed by atoms with Crippen LogP contribution in [-0.2, 0) is 0 Å². The summed E-state index contributed by atoms with van der Waals surface area (Å²) in [5.74, 6) is 3.56. The summed E-state index contributed by atoms with van der Waals surface area (Å²) in [7, 11) is 0. The summed E-state index contributed by atoms with van der Waals surface area (Å²) >= 11 is 0. The molecule has 1 heterocycles. The standard InChI is InChI=1S/C12H19N3/c1-7(2)15-11(13)10(8-3-4-8)14-12(15)9-5-6-9/h7-9H,3-6,13H2,1-2H3. The predicted octanol–water partition coefficient (Wildman–Crippen LogP) is 2.80. The number of hydrogen-bond donors (Lipinski definition) is 1. The summed E-state index contributed by atoms with van der Waals surface area (Å²) in [6, 6.07) is 0.445. The quantitative estimate of drug-likeness (QED) is 0.824. The molecule has 2 saturated carbocycles. The zero-order chi connectivity index (χ0) is 10.6. The van der Waals surface area contributed by atoms with E-state index in [0.29, 0.717) is 17.9 Å². The molecule has 0 unspecified atom stereocenters. The third kappa shape index (κ3) is 1.45. The predicted molar refractivity (Wildman–Crippen MR) is 61.0 cm³/mol. The summed E-state index contributed by atoms with van der Waals surface area (Å²) in [5, 5.41) is 0. The number of aromatic nitrogens is 2. The van der Waals surface area contributed by atoms with Crippen LogP contribution in [0.5, 0.6) is 0 Å². The molecule has 0 aliphatic heterocycles. The Morgan fingerprint density at radius 2 is 1.80 bits per heavy atom. The smallest absolute Gasteiger partial charge is 0.127 e. The van der Waals surface area contributed by atoms with E-state index in [0.717, 1.165) is 5.82 Å². The van der Waals surface area contributed by atoms with Crippen molar-refractivity contribution in [3.63, 3.8) is 0 Å². The van der Waals surface area contributed by atoms with Crippen LogP contribution >= 0.6 is 0 Å². The highest BCUT2D eigenvalue weighted by Gasteiger charge is 2.35. The average Bonchev–Trinajstić information content (AvgIpc) is 3.04. The molecule has 0 bridgehead atoms. The fraction of sp³-hybridized carbons (Fsp3) is 0.750. The Morgan fingerprint density at radius 1 is 1.20 bits per heavy atom. The molecule has 1 aromatic rings. The molecule has 0 amide bonds. The normalized spacial score (nSPS) is 21.3. The van der Waals surface area contributed by atoms with Gasteiger partial charge in [0, 0.05) is 17.9 Å². The average molecular weight is 205 g/mol. The van der Waals surface area contributed by atoms with Crippen molar-refractivity contribution in [2.75, 3.05) is 5.73 Å². The molecule has 3 nitrogen and oxygen atoms in total. The van der Waals surface area contributed by atoms with Crippen LogP contribution in [0.2, 0.25) is 0 Å². The van der Waals surface area contributed by atoms with Gasteiger partial charge in [-0.25, -0.2) is 4.98 Å². The Balaban J connectivity index is 2.06. The second-order valence-electron chi connectivity index (χ2n) is 5.25. The molecule has 3 rings (SSSR count). The van der Waals surface area contributed by atoms with Crippen molar-refractivity contribution in [2.24, 2.45) is 0 Å². The van der Waals surface area contributed by atoms with E-state index in [9.17, 15) is 0 Å². The van der Waals surface area contributed by atoms with Gasteiger partial charge in [0.1, 0.15) is 11.6 Å². The molecular formula is C12H19N3. The molecule has 1 aromatic heterocycles. The van der Waals surface area contributed by atoms with E-state index >= 15 is 0 Å². The van der Waals surface area contributed by atoms with Gasteiger partial charge in [-0.3, -0.25) is 0 Å². The van der Waals surface area contributed by atoms with Crippen molar-refractivity contribution in [1.29, 1.82) is 0 Å². The number of nitrogens with two attached hydrogens (primary N) is 1. The molecule has 2 fully saturated rings. The molecule has 0 radical (unpaired) electrons. The first-order chi connectivity index (χ1) is 7.18. The molecule has 15 heavy (non-hydrogen) atoms. The molecule has 2 aliphatic rings. The van der Waals surface area contributed by atoms with Crippen LogP contribution in [0.15, 0.2) is 0 Å². The van der Waals surface area contributed by atoms with Gasteiger partial charge >= 0.3 is 0 Å². The fourth-order valence-electron chi connectivity index (χ4n) is 2.31. The van der Waals surface area contributed by atoms with Gasteiger partial charge in [-0.2, -0.15) is 0 Å². The van der Waals surface area contributed by atoms with Crippen LogP contribution < -0.4 is 5.73 Å². The Labute approximate surface area is 90.7 Å². The highest BCUT2D eigenvalue weighted by atomic mass is 15.2. The fourth-order valence-corrected chi connectivity index (χ4v) is 2.31. The van der Waals surface area contributed by atoms with Crippen molar-refractivity contribution in [3.8, 4) is 0 Å². The lowest BCUT2D eigenvalue weighted by Crippen LogP contribution is -2.09. The molecule has 2 aliphatic carbocycles. The van der Waals surface area contributed by atoms with Crippen molar-refractivity contribution < 1.29 is 0 Å². The van der Waals surface area contributed by atoms with Gasteiger partial charge in [-0.1, -0.05) is 0 Å². The minimum absolute atomic E-state index is 0.445. The molecule has 3 heteroatoms. The second-order valence-corrected chi connectivity index (χ2v) is 5.25. The van der Waals surface area contributed by atoms with Crippen LogP contribution in [-0.4, -0.2) is 9.55 Å². The summed E-state index contributed by atoms with van der Waals surface area (Å²) in [5.41, 5.74) is 7.40. The highest BCUT2D eigenvalue weighted by Crippen LogP contribution is 2.47. The summed E-state index contributed by atoms with van der Waals surface area (Å²) < 4.78 is 2.26. The van der Waals surface area contributed by atoms with Crippen LogP contribution in [0.25, 0.3) is 0 Å². The Morgan fingerprint density at radius 3 is 2.27 bits per heavy atom. The maximum absolute atomic E-state index is 6.21. The third-order valence-electron chi connectivity index (χ3n) is 3.43. The number of nitrogen functional groups attached to an aromatic ring is 1. The molecule has 0 saturated heterocycles. The Bertz CT molecular complexity index is 384. The molecule has 0 atom stereocenters. The minimum Gasteiger partial charge on any atom is -0.384 e. The first kappa shape index (κ1) is 9.25. The maximum Gasteiger partial charge on any atom is 0.127 e. The number of rotatable bonds is 3. The largest absolute Gasteiger partial charge is 0.384 e. The van der Waals surface area contributed by atoms with Crippen molar-refractivity contribution >= 4 is 5.82 Å². The van der Waals surface area contributed by atoms with E-state index < -0.39 is 0 Å². The first-order valence-electron chi connectivity index (χ1n) is 6.06. The molecule has 2 N–H and O–H groups in total. The summed E-state index contributed by atoms with van der Waals surface area (Å²) in [6.07, 6.45) is 5.16. The second kappa shape index (κ2) is 3.00. The first-order valence-corrected chi connectivity index (χ1v) is 6.06. The van der Waals surface area contributed by atoms with Crippen molar-refractivity contribution in [2.45, 2.75) is 57.4 Å². The van der Waals surface area contributed by atoms with Gasteiger partial charge in [0.15, 0.2) is 0 Å². The van der Waals surface area contributed by atoms with Crippen LogP contribution in [0.4, 0.5) is 5.82 Å². The molecule has 0 aromatic carbocycles. The van der Waals surface area contributed by atoms with E-state index in [1.54, 1.807) is 0 Å².